The van der Waals surface area contributed by atoms with E-state index in [4.69, 9.17) is 4.74 Å². The van der Waals surface area contributed by atoms with E-state index < -0.39 is 0 Å². The van der Waals surface area contributed by atoms with Gasteiger partial charge in [-0.1, -0.05) is 55.1 Å². The van der Waals surface area contributed by atoms with Crippen LogP contribution >= 0.6 is 0 Å². The van der Waals surface area contributed by atoms with Crippen molar-refractivity contribution in [2.45, 2.75) is 0 Å². The number of rotatable bonds is 5. The second-order valence-electron chi connectivity index (χ2n) is 3.81. The Balaban J connectivity index is 2.52. The molecule has 0 N–H and O–H groups in total. The van der Waals surface area contributed by atoms with Crippen LogP contribution in [0, 0.1) is 0 Å². The van der Waals surface area contributed by atoms with Crippen molar-refractivity contribution in [3.8, 4) is 16.9 Å². The first-order valence-corrected chi connectivity index (χ1v) is 5.74. The molecule has 0 aliphatic carbocycles. The van der Waals surface area contributed by atoms with Crippen molar-refractivity contribution in [2.75, 3.05) is 6.61 Å². The second-order valence-corrected chi connectivity index (χ2v) is 3.81. The molecule has 0 saturated heterocycles. The van der Waals surface area contributed by atoms with Gasteiger partial charge in [-0.05, 0) is 11.6 Å². The Kier molecular flexibility index (Phi) is 3.92. The van der Waals surface area contributed by atoms with Gasteiger partial charge in [-0.3, -0.25) is 4.79 Å². The first-order chi connectivity index (χ1) is 8.86. The van der Waals surface area contributed by atoms with E-state index in [1.165, 1.54) is 0 Å². The van der Waals surface area contributed by atoms with Crippen molar-refractivity contribution in [1.29, 1.82) is 0 Å². The van der Waals surface area contributed by atoms with Gasteiger partial charge in [0.1, 0.15) is 12.4 Å². The van der Waals surface area contributed by atoms with Crippen LogP contribution in [0.3, 0.4) is 0 Å². The highest BCUT2D eigenvalue weighted by Gasteiger charge is 2.10. The smallest absolute Gasteiger partial charge is 0.153 e. The summed E-state index contributed by atoms with van der Waals surface area (Å²) in [5, 5.41) is 0. The zero-order valence-electron chi connectivity index (χ0n) is 10.0. The Morgan fingerprint density at radius 3 is 2.50 bits per heavy atom. The Hall–Kier alpha value is -2.35. The monoisotopic (exact) mass is 238 g/mol. The van der Waals surface area contributed by atoms with Crippen LogP contribution < -0.4 is 4.74 Å². The summed E-state index contributed by atoms with van der Waals surface area (Å²) in [5.74, 6) is 0.610. The van der Waals surface area contributed by atoms with E-state index in [9.17, 15) is 4.79 Å². The third-order valence-electron chi connectivity index (χ3n) is 2.60. The molecule has 0 spiro atoms. The maximum absolute atomic E-state index is 11.1. The van der Waals surface area contributed by atoms with Gasteiger partial charge >= 0.3 is 0 Å². The Morgan fingerprint density at radius 2 is 1.83 bits per heavy atom. The molecule has 0 fully saturated rings. The molecule has 90 valence electrons. The molecular formula is C16H14O2. The normalized spacial score (nSPS) is 9.78. The number of carbonyl (C=O) groups excluding carboxylic acids is 1. The molecule has 2 rings (SSSR count). The Labute approximate surface area is 107 Å². The molecular weight excluding hydrogens is 224 g/mol. The van der Waals surface area contributed by atoms with E-state index in [2.05, 4.69) is 6.58 Å². The zero-order chi connectivity index (χ0) is 12.8. The van der Waals surface area contributed by atoms with Crippen LogP contribution in [0.15, 0.2) is 61.2 Å². The summed E-state index contributed by atoms with van der Waals surface area (Å²) in [5.41, 5.74) is 2.50. The number of ether oxygens (including phenoxy) is 1. The van der Waals surface area contributed by atoms with Gasteiger partial charge in [0, 0.05) is 5.56 Å². The summed E-state index contributed by atoms with van der Waals surface area (Å²) >= 11 is 0. The highest BCUT2D eigenvalue weighted by molar-refractivity contribution is 5.86. The highest BCUT2D eigenvalue weighted by Crippen LogP contribution is 2.32. The molecule has 2 heteroatoms. The van der Waals surface area contributed by atoms with Gasteiger partial charge in [0.25, 0.3) is 0 Å². The predicted molar refractivity (Wildman–Crippen MR) is 73.0 cm³/mol. The SMILES string of the molecule is C=CCOc1c(C=O)cccc1-c1ccccc1. The largest absolute Gasteiger partial charge is 0.488 e. The third kappa shape index (κ3) is 2.48. The van der Waals surface area contributed by atoms with Gasteiger partial charge in [-0.2, -0.15) is 0 Å². The molecule has 0 bridgehead atoms. The topological polar surface area (TPSA) is 26.3 Å². The molecule has 0 aliphatic rings. The van der Waals surface area contributed by atoms with Crippen molar-refractivity contribution < 1.29 is 9.53 Å². The van der Waals surface area contributed by atoms with Crippen molar-refractivity contribution in [3.63, 3.8) is 0 Å². The number of aldehydes is 1. The maximum atomic E-state index is 11.1. The summed E-state index contributed by atoms with van der Waals surface area (Å²) in [6.07, 6.45) is 2.47. The average Bonchev–Trinajstić information content (AvgIpc) is 2.45. The lowest BCUT2D eigenvalue weighted by atomic mass is 10.0. The quantitative estimate of drug-likeness (QED) is 0.586. The standard InChI is InChI=1S/C16H14O2/c1-2-11-18-16-14(12-17)9-6-10-15(16)13-7-4-3-5-8-13/h2-10,12H,1,11H2. The summed E-state index contributed by atoms with van der Waals surface area (Å²) in [6.45, 7) is 4.00. The lowest BCUT2D eigenvalue weighted by Crippen LogP contribution is -1.99. The molecule has 0 aliphatic heterocycles. The van der Waals surface area contributed by atoms with Crippen LogP contribution in [0.1, 0.15) is 10.4 Å². The summed E-state index contributed by atoms with van der Waals surface area (Å²) in [4.78, 5) is 11.1. The number of hydrogen-bond donors (Lipinski definition) is 0. The van der Waals surface area contributed by atoms with E-state index in [1.807, 2.05) is 42.5 Å². The third-order valence-corrected chi connectivity index (χ3v) is 2.60. The van der Waals surface area contributed by atoms with Gasteiger partial charge in [-0.15, -0.1) is 0 Å². The van der Waals surface area contributed by atoms with E-state index in [0.717, 1.165) is 17.4 Å². The van der Waals surface area contributed by atoms with Gasteiger partial charge in [0.05, 0.1) is 5.56 Å². The van der Waals surface area contributed by atoms with E-state index in [-0.39, 0.29) is 0 Å². The van der Waals surface area contributed by atoms with Gasteiger partial charge in [0.15, 0.2) is 6.29 Å². The summed E-state index contributed by atoms with van der Waals surface area (Å²) < 4.78 is 5.61. The molecule has 18 heavy (non-hydrogen) atoms. The fourth-order valence-corrected chi connectivity index (χ4v) is 1.80. The number of para-hydroxylation sites is 1. The molecule has 0 saturated carbocycles. The second kappa shape index (κ2) is 5.82. The molecule has 0 aromatic heterocycles. The zero-order valence-corrected chi connectivity index (χ0v) is 10.0. The van der Waals surface area contributed by atoms with Crippen LogP contribution in [0.25, 0.3) is 11.1 Å². The lowest BCUT2D eigenvalue weighted by Gasteiger charge is -2.12. The maximum Gasteiger partial charge on any atom is 0.153 e. The first kappa shape index (κ1) is 12.1. The lowest BCUT2D eigenvalue weighted by molar-refractivity contribution is 0.112. The Morgan fingerprint density at radius 1 is 1.06 bits per heavy atom. The van der Waals surface area contributed by atoms with Crippen LogP contribution in [-0.2, 0) is 0 Å². The minimum absolute atomic E-state index is 0.380. The van der Waals surface area contributed by atoms with Crippen molar-refractivity contribution in [1.82, 2.24) is 0 Å². The highest BCUT2D eigenvalue weighted by atomic mass is 16.5. The minimum Gasteiger partial charge on any atom is -0.488 e. The fraction of sp³-hybridized carbons (Fsp3) is 0.0625. The molecule has 2 aromatic carbocycles. The number of hydrogen-bond acceptors (Lipinski definition) is 2. The van der Waals surface area contributed by atoms with Gasteiger partial charge in [0.2, 0.25) is 0 Å². The van der Waals surface area contributed by atoms with Gasteiger partial charge in [-0.25, -0.2) is 0 Å². The molecule has 2 nitrogen and oxygen atoms in total. The molecule has 0 atom stereocenters. The molecule has 2 aromatic rings. The number of carbonyl (C=O) groups is 1. The van der Waals surface area contributed by atoms with E-state index in [0.29, 0.717) is 17.9 Å². The summed E-state index contributed by atoms with van der Waals surface area (Å²) in [7, 11) is 0. The minimum atomic E-state index is 0.380. The van der Waals surface area contributed by atoms with E-state index >= 15 is 0 Å². The first-order valence-electron chi connectivity index (χ1n) is 5.74. The molecule has 0 unspecified atom stereocenters. The van der Waals surface area contributed by atoms with Crippen molar-refractivity contribution >= 4 is 6.29 Å². The van der Waals surface area contributed by atoms with Crippen LogP contribution in [-0.4, -0.2) is 12.9 Å². The molecule has 0 radical (unpaired) electrons. The molecule has 0 amide bonds. The fourth-order valence-electron chi connectivity index (χ4n) is 1.80. The van der Waals surface area contributed by atoms with E-state index in [1.54, 1.807) is 12.1 Å². The number of benzene rings is 2. The van der Waals surface area contributed by atoms with Crippen LogP contribution in [0.2, 0.25) is 0 Å². The van der Waals surface area contributed by atoms with Crippen LogP contribution in [0.5, 0.6) is 5.75 Å². The average molecular weight is 238 g/mol. The van der Waals surface area contributed by atoms with Gasteiger partial charge < -0.3 is 4.74 Å². The summed E-state index contributed by atoms with van der Waals surface area (Å²) in [6, 6.07) is 15.4. The van der Waals surface area contributed by atoms with Crippen molar-refractivity contribution in [2.24, 2.45) is 0 Å². The van der Waals surface area contributed by atoms with Crippen LogP contribution in [0.4, 0.5) is 0 Å². The predicted octanol–water partition coefficient (Wildman–Crippen LogP) is 3.73. The van der Waals surface area contributed by atoms with Crippen molar-refractivity contribution in [3.05, 3.63) is 66.7 Å². The molecule has 0 heterocycles. The Bertz CT molecular complexity index is 544.